The van der Waals surface area contributed by atoms with Gasteiger partial charge in [-0.2, -0.15) is 0 Å². The normalized spacial score (nSPS) is 10.6. The fourth-order valence-electron chi connectivity index (χ4n) is 2.63. The van der Waals surface area contributed by atoms with Crippen LogP contribution in [0, 0.1) is 6.92 Å². The Morgan fingerprint density at radius 1 is 1.12 bits per heavy atom. The first kappa shape index (κ1) is 15.9. The number of fused-ring (bicyclic) bond motifs is 1. The highest BCUT2D eigenvalue weighted by atomic mass is 16.5. The molecule has 2 aromatic carbocycles. The van der Waals surface area contributed by atoms with E-state index < -0.39 is 0 Å². The molecule has 122 valence electrons. The monoisotopic (exact) mass is 321 g/mol. The summed E-state index contributed by atoms with van der Waals surface area (Å²) in [4.78, 5) is 23.3. The van der Waals surface area contributed by atoms with Crippen LogP contribution in [0.2, 0.25) is 0 Å². The van der Waals surface area contributed by atoms with Gasteiger partial charge in [-0.25, -0.2) is 9.97 Å². The molecule has 0 atom stereocenters. The molecule has 0 aliphatic heterocycles. The van der Waals surface area contributed by atoms with Gasteiger partial charge in [0.25, 0.3) is 5.91 Å². The van der Waals surface area contributed by atoms with Gasteiger partial charge in [0.15, 0.2) is 0 Å². The molecule has 0 aliphatic rings. The zero-order valence-electron chi connectivity index (χ0n) is 14.0. The second-order valence-electron chi connectivity index (χ2n) is 5.64. The quantitative estimate of drug-likeness (QED) is 0.740. The number of aromatic nitrogens is 2. The van der Waals surface area contributed by atoms with E-state index in [0.717, 1.165) is 16.6 Å². The van der Waals surface area contributed by atoms with Crippen molar-refractivity contribution < 1.29 is 9.53 Å². The number of benzene rings is 2. The number of ether oxygens (including phenoxy) is 1. The molecular weight excluding hydrogens is 302 g/mol. The maximum atomic E-state index is 12.6. The Balaban J connectivity index is 1.83. The smallest absolute Gasteiger partial charge is 0.254 e. The summed E-state index contributed by atoms with van der Waals surface area (Å²) in [5.74, 6) is 1.19. The van der Waals surface area contributed by atoms with Gasteiger partial charge in [0.05, 0.1) is 19.2 Å². The second-order valence-corrected chi connectivity index (χ2v) is 5.64. The zero-order chi connectivity index (χ0) is 17.1. The van der Waals surface area contributed by atoms with Crippen LogP contribution in [0.15, 0.2) is 48.5 Å². The molecule has 3 aromatic rings. The van der Waals surface area contributed by atoms with Crippen LogP contribution in [-0.2, 0) is 6.54 Å². The molecule has 5 heteroatoms. The molecule has 0 saturated heterocycles. The van der Waals surface area contributed by atoms with Crippen LogP contribution in [0.3, 0.4) is 0 Å². The first-order valence-electron chi connectivity index (χ1n) is 7.70. The van der Waals surface area contributed by atoms with E-state index in [-0.39, 0.29) is 5.91 Å². The van der Waals surface area contributed by atoms with E-state index in [1.165, 1.54) is 0 Å². The molecule has 3 rings (SSSR count). The van der Waals surface area contributed by atoms with Gasteiger partial charge in [0.1, 0.15) is 11.6 Å². The number of methoxy groups -OCH3 is 1. The number of aryl methyl sites for hydroxylation is 1. The number of para-hydroxylation sites is 1. The molecule has 0 radical (unpaired) electrons. The van der Waals surface area contributed by atoms with Gasteiger partial charge >= 0.3 is 0 Å². The highest BCUT2D eigenvalue weighted by Gasteiger charge is 2.15. The summed E-state index contributed by atoms with van der Waals surface area (Å²) in [5.41, 5.74) is 2.38. The topological polar surface area (TPSA) is 55.3 Å². The summed E-state index contributed by atoms with van der Waals surface area (Å²) in [5, 5.41) is 1.03. The average Bonchev–Trinajstić information content (AvgIpc) is 2.61. The molecule has 0 bridgehead atoms. The first-order valence-corrected chi connectivity index (χ1v) is 7.70. The van der Waals surface area contributed by atoms with Gasteiger partial charge in [-0.3, -0.25) is 4.79 Å². The molecule has 24 heavy (non-hydrogen) atoms. The Bertz CT molecular complexity index is 893. The number of carbonyl (C=O) groups excluding carboxylic acids is 1. The molecule has 1 amide bonds. The third-order valence-corrected chi connectivity index (χ3v) is 3.88. The maximum Gasteiger partial charge on any atom is 0.254 e. The van der Waals surface area contributed by atoms with Gasteiger partial charge in [0, 0.05) is 23.7 Å². The molecule has 1 aromatic heterocycles. The van der Waals surface area contributed by atoms with Crippen LogP contribution in [-0.4, -0.2) is 34.9 Å². The van der Waals surface area contributed by atoms with Crippen molar-refractivity contribution >= 4 is 16.8 Å². The molecular formula is C19H19N3O2. The Hall–Kier alpha value is -2.95. The number of rotatable bonds is 4. The van der Waals surface area contributed by atoms with Gasteiger partial charge in [0.2, 0.25) is 0 Å². The number of hydrogen-bond donors (Lipinski definition) is 0. The molecule has 5 nitrogen and oxygen atoms in total. The van der Waals surface area contributed by atoms with Crippen molar-refractivity contribution in [3.63, 3.8) is 0 Å². The molecule has 1 heterocycles. The molecule has 0 spiro atoms. The third kappa shape index (κ3) is 3.20. The van der Waals surface area contributed by atoms with Crippen molar-refractivity contribution in [3.05, 3.63) is 65.6 Å². The predicted molar refractivity (Wildman–Crippen MR) is 93.1 cm³/mol. The average molecular weight is 321 g/mol. The van der Waals surface area contributed by atoms with E-state index in [4.69, 9.17) is 4.74 Å². The van der Waals surface area contributed by atoms with Crippen LogP contribution in [0.4, 0.5) is 0 Å². The number of nitrogens with zero attached hydrogens (tertiary/aromatic N) is 3. The number of hydrogen-bond acceptors (Lipinski definition) is 4. The lowest BCUT2D eigenvalue weighted by molar-refractivity contribution is 0.0781. The fourth-order valence-corrected chi connectivity index (χ4v) is 2.63. The lowest BCUT2D eigenvalue weighted by atomic mass is 10.2. The summed E-state index contributed by atoms with van der Waals surface area (Å²) in [6.45, 7) is 2.30. The van der Waals surface area contributed by atoms with Crippen molar-refractivity contribution in [1.29, 1.82) is 0 Å². The minimum Gasteiger partial charge on any atom is -0.497 e. The largest absolute Gasteiger partial charge is 0.497 e. The highest BCUT2D eigenvalue weighted by Crippen LogP contribution is 2.17. The van der Waals surface area contributed by atoms with Gasteiger partial charge in [-0.1, -0.05) is 24.3 Å². The van der Waals surface area contributed by atoms with Crippen LogP contribution in [0.25, 0.3) is 10.9 Å². The van der Waals surface area contributed by atoms with Gasteiger partial charge < -0.3 is 9.64 Å². The Kier molecular flexibility index (Phi) is 4.42. The molecule has 0 saturated carbocycles. The lowest BCUT2D eigenvalue weighted by Gasteiger charge is -2.17. The fraction of sp³-hybridized carbons (Fsp3) is 0.211. The summed E-state index contributed by atoms with van der Waals surface area (Å²) in [6, 6.07) is 15.0. The standard InChI is InChI=1S/C19H19N3O2/c1-13-16-9-4-5-10-17(16)21-18(20-13)12-22(2)19(23)14-7-6-8-15(11-14)24-3/h4-11H,12H2,1-3H3. The lowest BCUT2D eigenvalue weighted by Crippen LogP contribution is -2.27. The van der Waals surface area contributed by atoms with Crippen molar-refractivity contribution in [2.45, 2.75) is 13.5 Å². The Morgan fingerprint density at radius 2 is 1.92 bits per heavy atom. The minimum absolute atomic E-state index is 0.0942. The number of amides is 1. The minimum atomic E-state index is -0.0942. The third-order valence-electron chi connectivity index (χ3n) is 3.88. The zero-order valence-corrected chi connectivity index (χ0v) is 14.0. The Morgan fingerprint density at radius 3 is 2.71 bits per heavy atom. The van der Waals surface area contributed by atoms with Crippen molar-refractivity contribution in [1.82, 2.24) is 14.9 Å². The van der Waals surface area contributed by atoms with E-state index >= 15 is 0 Å². The van der Waals surface area contributed by atoms with Crippen LogP contribution >= 0.6 is 0 Å². The van der Waals surface area contributed by atoms with Crippen LogP contribution < -0.4 is 4.74 Å². The van der Waals surface area contributed by atoms with E-state index in [0.29, 0.717) is 23.7 Å². The van der Waals surface area contributed by atoms with Crippen molar-refractivity contribution in [3.8, 4) is 5.75 Å². The molecule has 0 fully saturated rings. The van der Waals surface area contributed by atoms with E-state index in [1.807, 2.05) is 37.3 Å². The van der Waals surface area contributed by atoms with Gasteiger partial charge in [-0.05, 0) is 31.2 Å². The van der Waals surface area contributed by atoms with Gasteiger partial charge in [-0.15, -0.1) is 0 Å². The SMILES string of the molecule is COc1cccc(C(=O)N(C)Cc2nc(C)c3ccccc3n2)c1. The number of carbonyl (C=O) groups is 1. The molecule has 0 aliphatic carbocycles. The first-order chi connectivity index (χ1) is 11.6. The van der Waals surface area contributed by atoms with E-state index in [9.17, 15) is 4.79 Å². The summed E-state index contributed by atoms with van der Waals surface area (Å²) < 4.78 is 5.17. The summed E-state index contributed by atoms with van der Waals surface area (Å²) in [7, 11) is 3.33. The second kappa shape index (κ2) is 6.66. The summed E-state index contributed by atoms with van der Waals surface area (Å²) in [6.07, 6.45) is 0. The highest BCUT2D eigenvalue weighted by molar-refractivity contribution is 5.94. The predicted octanol–water partition coefficient (Wildman–Crippen LogP) is 3.22. The van der Waals surface area contributed by atoms with Crippen molar-refractivity contribution in [2.75, 3.05) is 14.2 Å². The Labute approximate surface area is 140 Å². The van der Waals surface area contributed by atoms with Crippen molar-refractivity contribution in [2.24, 2.45) is 0 Å². The molecule has 0 N–H and O–H groups in total. The molecule has 0 unspecified atom stereocenters. The summed E-state index contributed by atoms with van der Waals surface area (Å²) >= 11 is 0. The van der Waals surface area contributed by atoms with E-state index in [1.54, 1.807) is 37.3 Å². The maximum absolute atomic E-state index is 12.6. The van der Waals surface area contributed by atoms with Crippen LogP contribution in [0.5, 0.6) is 5.75 Å². The van der Waals surface area contributed by atoms with Crippen LogP contribution in [0.1, 0.15) is 21.9 Å². The van der Waals surface area contributed by atoms with E-state index in [2.05, 4.69) is 9.97 Å².